The van der Waals surface area contributed by atoms with Crippen molar-refractivity contribution in [2.45, 2.75) is 51.2 Å². The molecule has 1 N–H and O–H groups in total. The van der Waals surface area contributed by atoms with Gasteiger partial charge in [0.25, 0.3) is 0 Å². The van der Waals surface area contributed by atoms with E-state index in [1.165, 1.54) is 19.3 Å². The zero-order chi connectivity index (χ0) is 16.9. The molecule has 0 aromatic carbocycles. The third-order valence-electron chi connectivity index (χ3n) is 4.82. The number of hydrogen-bond acceptors (Lipinski definition) is 4. The molecule has 2 fully saturated rings. The molecule has 2 amide bonds. The van der Waals surface area contributed by atoms with Gasteiger partial charge in [-0.3, -0.25) is 9.59 Å². The minimum Gasteiger partial charge on any atom is -0.474 e. The summed E-state index contributed by atoms with van der Waals surface area (Å²) in [6, 6.07) is 3.76. The van der Waals surface area contributed by atoms with Crippen molar-refractivity contribution in [3.05, 3.63) is 23.9 Å². The van der Waals surface area contributed by atoms with E-state index >= 15 is 0 Å². The molecule has 1 aromatic heterocycles. The van der Waals surface area contributed by atoms with Crippen LogP contribution in [0.2, 0.25) is 0 Å². The topological polar surface area (TPSA) is 71.5 Å². The Balaban J connectivity index is 1.51. The molecule has 0 radical (unpaired) electrons. The molecule has 2 heterocycles. The van der Waals surface area contributed by atoms with Crippen molar-refractivity contribution < 1.29 is 14.3 Å². The maximum Gasteiger partial charge on any atom is 0.225 e. The van der Waals surface area contributed by atoms with Gasteiger partial charge in [0.2, 0.25) is 17.7 Å². The van der Waals surface area contributed by atoms with Gasteiger partial charge < -0.3 is 15.0 Å². The first-order chi connectivity index (χ1) is 11.6. The number of carbonyl (C=O) groups is 2. The molecular formula is C18H25N3O3. The van der Waals surface area contributed by atoms with Gasteiger partial charge in [-0.05, 0) is 37.3 Å². The van der Waals surface area contributed by atoms with Crippen LogP contribution in [0.5, 0.6) is 5.88 Å². The van der Waals surface area contributed by atoms with Crippen molar-refractivity contribution in [3.8, 4) is 5.88 Å². The highest BCUT2D eigenvalue weighted by Crippen LogP contribution is 2.22. The molecule has 2 aliphatic rings. The molecule has 6 nitrogen and oxygen atoms in total. The van der Waals surface area contributed by atoms with Crippen molar-refractivity contribution in [2.75, 3.05) is 13.6 Å². The third-order valence-corrected chi connectivity index (χ3v) is 4.82. The highest BCUT2D eigenvalue weighted by atomic mass is 16.5. The zero-order valence-corrected chi connectivity index (χ0v) is 14.2. The quantitative estimate of drug-likeness (QED) is 0.894. The van der Waals surface area contributed by atoms with Crippen molar-refractivity contribution in [1.29, 1.82) is 0 Å². The maximum atomic E-state index is 12.2. The van der Waals surface area contributed by atoms with Crippen LogP contribution in [0.1, 0.15) is 44.1 Å². The summed E-state index contributed by atoms with van der Waals surface area (Å²) in [6.45, 7) is 0.924. The van der Waals surface area contributed by atoms with Gasteiger partial charge in [-0.2, -0.15) is 0 Å². The molecule has 1 unspecified atom stereocenters. The number of rotatable bonds is 5. The van der Waals surface area contributed by atoms with E-state index in [0.29, 0.717) is 25.4 Å². The number of nitrogens with one attached hydrogen (secondary N) is 1. The third kappa shape index (κ3) is 4.24. The van der Waals surface area contributed by atoms with E-state index in [1.807, 2.05) is 12.1 Å². The summed E-state index contributed by atoms with van der Waals surface area (Å²) >= 11 is 0. The first-order valence-corrected chi connectivity index (χ1v) is 8.75. The van der Waals surface area contributed by atoms with E-state index in [1.54, 1.807) is 18.1 Å². The van der Waals surface area contributed by atoms with Crippen LogP contribution in [0.4, 0.5) is 0 Å². The average molecular weight is 331 g/mol. The number of amides is 2. The van der Waals surface area contributed by atoms with Gasteiger partial charge in [0, 0.05) is 38.8 Å². The lowest BCUT2D eigenvalue weighted by atomic mass is 9.98. The normalized spacial score (nSPS) is 21.8. The van der Waals surface area contributed by atoms with Gasteiger partial charge >= 0.3 is 0 Å². The Morgan fingerprint density at radius 3 is 2.88 bits per heavy atom. The van der Waals surface area contributed by atoms with Gasteiger partial charge in [-0.15, -0.1) is 0 Å². The first-order valence-electron chi connectivity index (χ1n) is 8.75. The second-order valence-corrected chi connectivity index (χ2v) is 6.77. The fraction of sp³-hybridized carbons (Fsp3) is 0.611. The molecule has 24 heavy (non-hydrogen) atoms. The van der Waals surface area contributed by atoms with Crippen LogP contribution >= 0.6 is 0 Å². The number of pyridine rings is 1. The second-order valence-electron chi connectivity index (χ2n) is 6.77. The van der Waals surface area contributed by atoms with Gasteiger partial charge in [-0.1, -0.05) is 6.42 Å². The standard InChI is InChI=1S/C18H25N3O3/c1-21-12-14(10-17(21)22)18(23)20-11-13-7-8-19-16(9-13)24-15-5-3-2-4-6-15/h7-9,14-15H,2-6,10-12H2,1H3,(H,20,23). The van der Waals surface area contributed by atoms with E-state index in [4.69, 9.17) is 4.74 Å². The lowest BCUT2D eigenvalue weighted by Gasteiger charge is -2.22. The Kier molecular flexibility index (Phi) is 5.33. The van der Waals surface area contributed by atoms with E-state index in [0.717, 1.165) is 18.4 Å². The van der Waals surface area contributed by atoms with Crippen LogP contribution in [-0.4, -0.2) is 41.4 Å². The molecule has 1 aliphatic carbocycles. The fourth-order valence-corrected chi connectivity index (χ4v) is 3.35. The number of carbonyl (C=O) groups excluding carboxylic acids is 2. The van der Waals surface area contributed by atoms with Crippen LogP contribution in [0, 0.1) is 5.92 Å². The Morgan fingerprint density at radius 1 is 1.38 bits per heavy atom. The fourth-order valence-electron chi connectivity index (χ4n) is 3.35. The molecule has 130 valence electrons. The molecule has 6 heteroatoms. The molecule has 0 bridgehead atoms. The predicted octanol–water partition coefficient (Wildman–Crippen LogP) is 1.89. The summed E-state index contributed by atoms with van der Waals surface area (Å²) < 4.78 is 5.96. The highest BCUT2D eigenvalue weighted by molar-refractivity contribution is 5.89. The first kappa shape index (κ1) is 16.7. The monoisotopic (exact) mass is 331 g/mol. The molecular weight excluding hydrogens is 306 g/mol. The van der Waals surface area contributed by atoms with E-state index in [-0.39, 0.29) is 23.8 Å². The van der Waals surface area contributed by atoms with Crippen LogP contribution in [0.3, 0.4) is 0 Å². The number of aromatic nitrogens is 1. The summed E-state index contributed by atoms with van der Waals surface area (Å²) in [5.41, 5.74) is 0.960. The lowest BCUT2D eigenvalue weighted by molar-refractivity contribution is -0.128. The molecule has 1 atom stereocenters. The summed E-state index contributed by atoms with van der Waals surface area (Å²) in [5, 5.41) is 2.91. The van der Waals surface area contributed by atoms with Gasteiger partial charge in [0.15, 0.2) is 0 Å². The second kappa shape index (κ2) is 7.64. The molecule has 1 aliphatic heterocycles. The van der Waals surface area contributed by atoms with Crippen molar-refractivity contribution in [3.63, 3.8) is 0 Å². The summed E-state index contributed by atoms with van der Waals surface area (Å²) in [4.78, 5) is 29.6. The Hall–Kier alpha value is -2.11. The van der Waals surface area contributed by atoms with E-state index in [2.05, 4.69) is 10.3 Å². The minimum atomic E-state index is -0.248. The van der Waals surface area contributed by atoms with Gasteiger partial charge in [-0.25, -0.2) is 4.98 Å². The van der Waals surface area contributed by atoms with Crippen molar-refractivity contribution >= 4 is 11.8 Å². The minimum absolute atomic E-state index is 0.0298. The molecule has 1 saturated heterocycles. The number of likely N-dealkylation sites (tertiary alicyclic amines) is 1. The average Bonchev–Trinajstić information content (AvgIpc) is 2.93. The molecule has 0 spiro atoms. The molecule has 1 aromatic rings. The van der Waals surface area contributed by atoms with Gasteiger partial charge in [0.1, 0.15) is 6.10 Å². The van der Waals surface area contributed by atoms with E-state index in [9.17, 15) is 9.59 Å². The SMILES string of the molecule is CN1CC(C(=O)NCc2ccnc(OC3CCCCC3)c2)CC1=O. The largest absolute Gasteiger partial charge is 0.474 e. The number of ether oxygens (including phenoxy) is 1. The van der Waals surface area contributed by atoms with Crippen LogP contribution in [0.15, 0.2) is 18.3 Å². The smallest absolute Gasteiger partial charge is 0.225 e. The maximum absolute atomic E-state index is 12.2. The van der Waals surface area contributed by atoms with Crippen LogP contribution in [0.25, 0.3) is 0 Å². The summed E-state index contributed by atoms with van der Waals surface area (Å²) in [7, 11) is 1.73. The number of nitrogens with zero attached hydrogens (tertiary/aromatic N) is 2. The Bertz CT molecular complexity index is 599. The zero-order valence-electron chi connectivity index (χ0n) is 14.2. The molecule has 3 rings (SSSR count). The van der Waals surface area contributed by atoms with E-state index < -0.39 is 0 Å². The van der Waals surface area contributed by atoms with Crippen LogP contribution in [-0.2, 0) is 16.1 Å². The highest BCUT2D eigenvalue weighted by Gasteiger charge is 2.31. The van der Waals surface area contributed by atoms with Crippen molar-refractivity contribution in [1.82, 2.24) is 15.2 Å². The summed E-state index contributed by atoms with van der Waals surface area (Å²) in [5.74, 6) is 0.341. The van der Waals surface area contributed by atoms with Crippen LogP contribution < -0.4 is 10.1 Å². The number of hydrogen-bond donors (Lipinski definition) is 1. The summed E-state index contributed by atoms with van der Waals surface area (Å²) in [6.07, 6.45) is 8.18. The lowest BCUT2D eigenvalue weighted by Crippen LogP contribution is -2.31. The van der Waals surface area contributed by atoms with Gasteiger partial charge in [0.05, 0.1) is 5.92 Å². The predicted molar refractivity (Wildman–Crippen MR) is 89.3 cm³/mol. The van der Waals surface area contributed by atoms with Crippen molar-refractivity contribution in [2.24, 2.45) is 5.92 Å². The Morgan fingerprint density at radius 2 is 2.17 bits per heavy atom. The molecule has 1 saturated carbocycles. The Labute approximate surface area is 142 Å².